The van der Waals surface area contributed by atoms with Gasteiger partial charge in [0.25, 0.3) is 0 Å². The number of fused-ring (bicyclic) bond motifs is 1. The van der Waals surface area contributed by atoms with Crippen LogP contribution in [0.2, 0.25) is 0 Å². The summed E-state index contributed by atoms with van der Waals surface area (Å²) in [6.07, 6.45) is 8.81. The molecule has 3 rings (SSSR count). The molecule has 0 spiro atoms. The van der Waals surface area contributed by atoms with E-state index in [1.54, 1.807) is 0 Å². The van der Waals surface area contributed by atoms with E-state index in [1.165, 1.54) is 19.3 Å². The topological polar surface area (TPSA) is 38.8 Å². The minimum Gasteiger partial charge on any atom is -0.460 e. The summed E-state index contributed by atoms with van der Waals surface area (Å²) in [6.45, 7) is 2.07. The first-order chi connectivity index (χ1) is 7.66. The van der Waals surface area contributed by atoms with Crippen molar-refractivity contribution in [3.05, 3.63) is 0 Å². The molecule has 0 amide bonds. The molecule has 3 fully saturated rings. The predicted molar refractivity (Wildman–Crippen MR) is 59.0 cm³/mol. The third-order valence-electron chi connectivity index (χ3n) is 4.55. The summed E-state index contributed by atoms with van der Waals surface area (Å²) < 4.78 is 11.3. The van der Waals surface area contributed by atoms with E-state index in [9.17, 15) is 4.79 Å². The van der Waals surface area contributed by atoms with Crippen LogP contribution < -0.4 is 0 Å². The molecule has 0 N–H and O–H groups in total. The van der Waals surface area contributed by atoms with Gasteiger partial charge in [0.15, 0.2) is 5.60 Å². The SMILES string of the molecule is CC12CCCCCC1(C(=O)OC1CCC1)O2. The van der Waals surface area contributed by atoms with Gasteiger partial charge in [0.1, 0.15) is 11.7 Å². The van der Waals surface area contributed by atoms with Crippen molar-refractivity contribution in [1.29, 1.82) is 0 Å². The van der Waals surface area contributed by atoms with E-state index >= 15 is 0 Å². The number of hydrogen-bond donors (Lipinski definition) is 0. The first kappa shape index (κ1) is 10.6. The maximum atomic E-state index is 12.2. The number of hydrogen-bond acceptors (Lipinski definition) is 3. The molecular formula is C13H20O3. The molecule has 90 valence electrons. The van der Waals surface area contributed by atoms with E-state index in [1.807, 2.05) is 0 Å². The molecule has 0 radical (unpaired) electrons. The summed E-state index contributed by atoms with van der Waals surface area (Å²) in [7, 11) is 0. The Kier molecular flexibility index (Phi) is 2.29. The van der Waals surface area contributed by atoms with Gasteiger partial charge in [-0.1, -0.05) is 12.8 Å². The van der Waals surface area contributed by atoms with Crippen LogP contribution in [0.4, 0.5) is 0 Å². The van der Waals surface area contributed by atoms with E-state index in [0.29, 0.717) is 0 Å². The Morgan fingerprint density at radius 3 is 2.62 bits per heavy atom. The standard InChI is InChI=1S/C13H20O3/c1-12-8-3-2-4-9-13(12,16-12)11(14)15-10-6-5-7-10/h10H,2-9H2,1H3. The maximum absolute atomic E-state index is 12.2. The second-order valence-corrected chi connectivity index (χ2v) is 5.68. The van der Waals surface area contributed by atoms with Crippen molar-refractivity contribution in [2.75, 3.05) is 0 Å². The Bertz CT molecular complexity index is 310. The fourth-order valence-corrected chi connectivity index (χ4v) is 3.04. The molecule has 3 nitrogen and oxygen atoms in total. The van der Waals surface area contributed by atoms with E-state index in [2.05, 4.69) is 6.92 Å². The fraction of sp³-hybridized carbons (Fsp3) is 0.923. The minimum absolute atomic E-state index is 0.0819. The molecular weight excluding hydrogens is 204 g/mol. The lowest BCUT2D eigenvalue weighted by Gasteiger charge is -2.27. The summed E-state index contributed by atoms with van der Waals surface area (Å²) in [5.41, 5.74) is -0.788. The zero-order valence-corrected chi connectivity index (χ0v) is 9.96. The molecule has 3 heteroatoms. The second kappa shape index (κ2) is 3.46. The van der Waals surface area contributed by atoms with Crippen LogP contribution in [0.5, 0.6) is 0 Å². The van der Waals surface area contributed by atoms with Crippen LogP contribution in [0.15, 0.2) is 0 Å². The van der Waals surface area contributed by atoms with Crippen LogP contribution in [0.25, 0.3) is 0 Å². The molecule has 1 saturated heterocycles. The highest BCUT2D eigenvalue weighted by atomic mass is 16.7. The molecule has 2 unspecified atom stereocenters. The molecule has 1 heterocycles. The average molecular weight is 224 g/mol. The highest BCUT2D eigenvalue weighted by Crippen LogP contribution is 2.57. The summed E-state index contributed by atoms with van der Waals surface area (Å²) >= 11 is 0. The van der Waals surface area contributed by atoms with E-state index in [-0.39, 0.29) is 17.7 Å². The van der Waals surface area contributed by atoms with Crippen molar-refractivity contribution in [2.24, 2.45) is 0 Å². The lowest BCUT2D eigenvalue weighted by molar-refractivity contribution is -0.159. The molecule has 16 heavy (non-hydrogen) atoms. The van der Waals surface area contributed by atoms with Gasteiger partial charge >= 0.3 is 5.97 Å². The highest BCUT2D eigenvalue weighted by Gasteiger charge is 2.72. The fourth-order valence-electron chi connectivity index (χ4n) is 3.04. The van der Waals surface area contributed by atoms with Crippen molar-refractivity contribution < 1.29 is 14.3 Å². The van der Waals surface area contributed by atoms with Gasteiger partial charge in [-0.15, -0.1) is 0 Å². The monoisotopic (exact) mass is 224 g/mol. The quantitative estimate of drug-likeness (QED) is 0.534. The van der Waals surface area contributed by atoms with Gasteiger partial charge in [0, 0.05) is 0 Å². The Hall–Kier alpha value is -0.570. The van der Waals surface area contributed by atoms with Crippen LogP contribution in [0.3, 0.4) is 0 Å². The molecule has 0 aromatic heterocycles. The third-order valence-corrected chi connectivity index (χ3v) is 4.55. The van der Waals surface area contributed by atoms with Crippen molar-refractivity contribution in [2.45, 2.75) is 75.6 Å². The predicted octanol–water partition coefficient (Wildman–Crippen LogP) is 2.57. The van der Waals surface area contributed by atoms with Crippen molar-refractivity contribution in [3.63, 3.8) is 0 Å². The van der Waals surface area contributed by atoms with Gasteiger partial charge in [-0.05, 0) is 45.4 Å². The number of epoxide rings is 1. The molecule has 2 atom stereocenters. The summed E-state index contributed by atoms with van der Waals surface area (Å²) in [6, 6.07) is 0. The lowest BCUT2D eigenvalue weighted by atomic mass is 9.89. The normalized spacial score (nSPS) is 42.8. The van der Waals surface area contributed by atoms with Crippen LogP contribution >= 0.6 is 0 Å². The van der Waals surface area contributed by atoms with Crippen molar-refractivity contribution in [3.8, 4) is 0 Å². The average Bonchev–Trinajstić information content (AvgIpc) is 2.79. The number of ether oxygens (including phenoxy) is 2. The molecule has 1 aliphatic heterocycles. The Balaban J connectivity index is 1.69. The maximum Gasteiger partial charge on any atom is 0.341 e. The summed E-state index contributed by atoms with van der Waals surface area (Å²) in [4.78, 5) is 12.2. The molecule has 3 aliphatic rings. The molecule has 2 aliphatic carbocycles. The number of rotatable bonds is 2. The smallest absolute Gasteiger partial charge is 0.341 e. The zero-order valence-electron chi connectivity index (χ0n) is 9.96. The largest absolute Gasteiger partial charge is 0.460 e. The molecule has 0 aromatic rings. The first-order valence-electron chi connectivity index (χ1n) is 6.58. The Morgan fingerprint density at radius 1 is 1.19 bits per heavy atom. The third kappa shape index (κ3) is 1.41. The second-order valence-electron chi connectivity index (χ2n) is 5.68. The van der Waals surface area contributed by atoms with Gasteiger partial charge in [-0.25, -0.2) is 4.79 Å². The van der Waals surface area contributed by atoms with E-state index < -0.39 is 5.60 Å². The van der Waals surface area contributed by atoms with Crippen molar-refractivity contribution in [1.82, 2.24) is 0 Å². The number of carbonyl (C=O) groups excluding carboxylic acids is 1. The van der Waals surface area contributed by atoms with Crippen LogP contribution in [-0.4, -0.2) is 23.3 Å². The van der Waals surface area contributed by atoms with Gasteiger partial charge in [0.05, 0.1) is 0 Å². The van der Waals surface area contributed by atoms with E-state index in [0.717, 1.165) is 32.1 Å². The molecule has 0 aromatic carbocycles. The first-order valence-corrected chi connectivity index (χ1v) is 6.58. The number of esters is 1. The molecule has 2 saturated carbocycles. The number of carbonyl (C=O) groups is 1. The molecule has 0 bridgehead atoms. The van der Waals surface area contributed by atoms with Crippen LogP contribution in [0.1, 0.15) is 58.3 Å². The van der Waals surface area contributed by atoms with Gasteiger partial charge < -0.3 is 9.47 Å². The van der Waals surface area contributed by atoms with Crippen LogP contribution in [0, 0.1) is 0 Å². The zero-order chi connectivity index (χ0) is 11.2. The minimum atomic E-state index is -0.570. The highest BCUT2D eigenvalue weighted by molar-refractivity contribution is 5.85. The summed E-state index contributed by atoms with van der Waals surface area (Å²) in [5.74, 6) is -0.0819. The Labute approximate surface area is 96.5 Å². The van der Waals surface area contributed by atoms with Gasteiger partial charge in [-0.3, -0.25) is 0 Å². The lowest BCUT2D eigenvalue weighted by Crippen LogP contribution is -2.38. The van der Waals surface area contributed by atoms with Gasteiger partial charge in [-0.2, -0.15) is 0 Å². The Morgan fingerprint density at radius 2 is 1.94 bits per heavy atom. The van der Waals surface area contributed by atoms with E-state index in [4.69, 9.17) is 9.47 Å². The van der Waals surface area contributed by atoms with Gasteiger partial charge in [0.2, 0.25) is 0 Å². The van der Waals surface area contributed by atoms with Crippen molar-refractivity contribution >= 4 is 5.97 Å². The summed E-state index contributed by atoms with van der Waals surface area (Å²) in [5, 5.41) is 0. The van der Waals surface area contributed by atoms with Crippen LogP contribution in [-0.2, 0) is 14.3 Å².